The Kier molecular flexibility index (Phi) is 3.10. The Morgan fingerprint density at radius 3 is 2.94 bits per heavy atom. The summed E-state index contributed by atoms with van der Waals surface area (Å²) in [7, 11) is 1.93. The van der Waals surface area contributed by atoms with Gasteiger partial charge in [0.25, 0.3) is 0 Å². The highest BCUT2D eigenvalue weighted by molar-refractivity contribution is 5.57. The lowest BCUT2D eigenvalue weighted by Crippen LogP contribution is -2.17. The third-order valence-electron chi connectivity index (χ3n) is 2.71. The van der Waals surface area contributed by atoms with Gasteiger partial charge in [-0.2, -0.15) is 5.26 Å². The highest BCUT2D eigenvalue weighted by atomic mass is 16.3. The molecule has 0 aliphatic rings. The van der Waals surface area contributed by atoms with E-state index in [4.69, 9.17) is 9.68 Å². The Labute approximate surface area is 100 Å². The molecule has 2 aromatic rings. The largest absolute Gasteiger partial charge is 0.469 e. The molecule has 17 heavy (non-hydrogen) atoms. The molecule has 0 bridgehead atoms. The summed E-state index contributed by atoms with van der Waals surface area (Å²) < 4.78 is 5.25. The van der Waals surface area contributed by atoms with Crippen LogP contribution in [0.2, 0.25) is 0 Å². The van der Waals surface area contributed by atoms with Crippen molar-refractivity contribution in [1.82, 2.24) is 4.98 Å². The maximum atomic E-state index is 9.03. The standard InChI is InChI=1S/C13H13N3O/c1-10-12(4-6-17-10)9-16(2)13-8-15-5-3-11(13)7-14/h3-6,8H,9H2,1-2H3. The highest BCUT2D eigenvalue weighted by Gasteiger charge is 2.10. The van der Waals surface area contributed by atoms with Crippen LogP contribution in [0.3, 0.4) is 0 Å². The molecule has 0 aromatic carbocycles. The van der Waals surface area contributed by atoms with Crippen LogP contribution in [0.25, 0.3) is 0 Å². The number of furan rings is 1. The van der Waals surface area contributed by atoms with Crippen LogP contribution < -0.4 is 4.90 Å². The van der Waals surface area contributed by atoms with Crippen molar-refractivity contribution in [3.8, 4) is 6.07 Å². The number of hydrogen-bond donors (Lipinski definition) is 0. The molecular weight excluding hydrogens is 214 g/mol. The molecule has 0 spiro atoms. The van der Waals surface area contributed by atoms with Crippen molar-refractivity contribution >= 4 is 5.69 Å². The van der Waals surface area contributed by atoms with E-state index in [0.717, 1.165) is 17.0 Å². The molecule has 0 saturated carbocycles. The number of aryl methyl sites for hydroxylation is 1. The van der Waals surface area contributed by atoms with Gasteiger partial charge in [0.15, 0.2) is 0 Å². The van der Waals surface area contributed by atoms with Gasteiger partial charge in [0, 0.05) is 25.4 Å². The maximum absolute atomic E-state index is 9.03. The lowest BCUT2D eigenvalue weighted by Gasteiger charge is -2.19. The number of anilines is 1. The third kappa shape index (κ3) is 2.28. The fourth-order valence-corrected chi connectivity index (χ4v) is 1.70. The molecule has 0 saturated heterocycles. The van der Waals surface area contributed by atoms with Gasteiger partial charge < -0.3 is 9.32 Å². The molecule has 86 valence electrons. The van der Waals surface area contributed by atoms with Gasteiger partial charge in [-0.15, -0.1) is 0 Å². The second-order valence-electron chi connectivity index (χ2n) is 3.86. The monoisotopic (exact) mass is 227 g/mol. The molecule has 0 radical (unpaired) electrons. The van der Waals surface area contributed by atoms with Gasteiger partial charge in [0.2, 0.25) is 0 Å². The maximum Gasteiger partial charge on any atom is 0.105 e. The van der Waals surface area contributed by atoms with Gasteiger partial charge in [-0.25, -0.2) is 0 Å². The average molecular weight is 227 g/mol. The zero-order valence-electron chi connectivity index (χ0n) is 9.84. The second kappa shape index (κ2) is 4.71. The number of pyridine rings is 1. The van der Waals surface area contributed by atoms with E-state index in [2.05, 4.69) is 11.1 Å². The van der Waals surface area contributed by atoms with Crippen LogP contribution in [0.15, 0.2) is 35.2 Å². The van der Waals surface area contributed by atoms with Gasteiger partial charge in [-0.3, -0.25) is 4.98 Å². The summed E-state index contributed by atoms with van der Waals surface area (Å²) in [6.07, 6.45) is 5.00. The molecule has 4 heteroatoms. The molecule has 0 N–H and O–H groups in total. The van der Waals surface area contributed by atoms with Crippen LogP contribution >= 0.6 is 0 Å². The number of nitriles is 1. The Bertz CT molecular complexity index is 554. The molecule has 0 fully saturated rings. The first-order valence-corrected chi connectivity index (χ1v) is 5.30. The predicted octanol–water partition coefficient (Wildman–Crippen LogP) is 2.49. The number of nitrogens with zero attached hydrogens (tertiary/aromatic N) is 3. The SMILES string of the molecule is Cc1occc1CN(C)c1cnccc1C#N. The minimum Gasteiger partial charge on any atom is -0.469 e. The summed E-state index contributed by atoms with van der Waals surface area (Å²) in [5, 5.41) is 9.03. The first kappa shape index (κ1) is 11.2. The van der Waals surface area contributed by atoms with Gasteiger partial charge in [0.1, 0.15) is 11.8 Å². The van der Waals surface area contributed by atoms with Gasteiger partial charge in [-0.05, 0) is 19.1 Å². The third-order valence-corrected chi connectivity index (χ3v) is 2.71. The summed E-state index contributed by atoms with van der Waals surface area (Å²) in [5.41, 5.74) is 2.57. The van der Waals surface area contributed by atoms with Crippen LogP contribution in [-0.4, -0.2) is 12.0 Å². The zero-order valence-corrected chi connectivity index (χ0v) is 9.84. The van der Waals surface area contributed by atoms with E-state index in [0.29, 0.717) is 12.1 Å². The number of hydrogen-bond acceptors (Lipinski definition) is 4. The molecule has 2 rings (SSSR count). The Morgan fingerprint density at radius 2 is 2.29 bits per heavy atom. The lowest BCUT2D eigenvalue weighted by molar-refractivity contribution is 0.529. The molecule has 0 unspecified atom stereocenters. The van der Waals surface area contributed by atoms with E-state index in [1.165, 1.54) is 0 Å². The predicted molar refractivity (Wildman–Crippen MR) is 64.5 cm³/mol. The minimum atomic E-state index is 0.628. The lowest BCUT2D eigenvalue weighted by atomic mass is 10.2. The molecule has 4 nitrogen and oxygen atoms in total. The quantitative estimate of drug-likeness (QED) is 0.808. The molecule has 0 aliphatic carbocycles. The minimum absolute atomic E-state index is 0.628. The second-order valence-corrected chi connectivity index (χ2v) is 3.86. The van der Waals surface area contributed by atoms with Gasteiger partial charge in [0.05, 0.1) is 23.7 Å². The summed E-state index contributed by atoms with van der Waals surface area (Å²) in [6, 6.07) is 5.82. The van der Waals surface area contributed by atoms with Crippen molar-refractivity contribution in [3.63, 3.8) is 0 Å². The molecule has 0 amide bonds. The van der Waals surface area contributed by atoms with Crippen molar-refractivity contribution in [2.24, 2.45) is 0 Å². The average Bonchev–Trinajstić information content (AvgIpc) is 2.75. The molecule has 2 aromatic heterocycles. The summed E-state index contributed by atoms with van der Waals surface area (Å²) in [6.45, 7) is 2.63. The van der Waals surface area contributed by atoms with Crippen molar-refractivity contribution in [2.45, 2.75) is 13.5 Å². The first-order valence-electron chi connectivity index (χ1n) is 5.30. The van der Waals surface area contributed by atoms with E-state index in [-0.39, 0.29) is 0 Å². The van der Waals surface area contributed by atoms with E-state index >= 15 is 0 Å². The van der Waals surface area contributed by atoms with Gasteiger partial charge >= 0.3 is 0 Å². The van der Waals surface area contributed by atoms with Crippen LogP contribution in [0.1, 0.15) is 16.9 Å². The van der Waals surface area contributed by atoms with Crippen molar-refractivity contribution < 1.29 is 4.42 Å². The van der Waals surface area contributed by atoms with Crippen molar-refractivity contribution in [1.29, 1.82) is 5.26 Å². The van der Waals surface area contributed by atoms with E-state index < -0.39 is 0 Å². The number of aromatic nitrogens is 1. The van der Waals surface area contributed by atoms with Crippen LogP contribution in [0.4, 0.5) is 5.69 Å². The smallest absolute Gasteiger partial charge is 0.105 e. The Hall–Kier alpha value is -2.28. The van der Waals surface area contributed by atoms with E-state index in [1.807, 2.05) is 24.9 Å². The van der Waals surface area contributed by atoms with Crippen LogP contribution in [-0.2, 0) is 6.54 Å². The fraction of sp³-hybridized carbons (Fsp3) is 0.231. The van der Waals surface area contributed by atoms with E-state index in [1.54, 1.807) is 24.7 Å². The molecule has 2 heterocycles. The zero-order chi connectivity index (χ0) is 12.3. The van der Waals surface area contributed by atoms with Crippen molar-refractivity contribution in [3.05, 3.63) is 47.7 Å². The Balaban J connectivity index is 2.24. The van der Waals surface area contributed by atoms with Crippen molar-refractivity contribution in [2.75, 3.05) is 11.9 Å². The van der Waals surface area contributed by atoms with E-state index in [9.17, 15) is 0 Å². The highest BCUT2D eigenvalue weighted by Crippen LogP contribution is 2.20. The van der Waals surface area contributed by atoms with Crippen LogP contribution in [0.5, 0.6) is 0 Å². The first-order chi connectivity index (χ1) is 8.22. The van der Waals surface area contributed by atoms with Crippen LogP contribution in [0, 0.1) is 18.3 Å². The molecule has 0 aliphatic heterocycles. The normalized spacial score (nSPS) is 9.94. The summed E-state index contributed by atoms with van der Waals surface area (Å²) >= 11 is 0. The summed E-state index contributed by atoms with van der Waals surface area (Å²) in [4.78, 5) is 6.04. The Morgan fingerprint density at radius 1 is 1.47 bits per heavy atom. The number of rotatable bonds is 3. The van der Waals surface area contributed by atoms with Gasteiger partial charge in [-0.1, -0.05) is 0 Å². The topological polar surface area (TPSA) is 53.1 Å². The molecule has 0 atom stereocenters. The fourth-order valence-electron chi connectivity index (χ4n) is 1.70. The summed E-state index contributed by atoms with van der Waals surface area (Å²) in [5.74, 6) is 0.902. The molecular formula is C13H13N3O.